The number of benzene rings is 2. The van der Waals surface area contributed by atoms with E-state index in [2.05, 4.69) is 20.9 Å². The van der Waals surface area contributed by atoms with Crippen LogP contribution in [0, 0.1) is 0 Å². The number of rotatable bonds is 13. The van der Waals surface area contributed by atoms with Gasteiger partial charge in [0.15, 0.2) is 0 Å². The van der Waals surface area contributed by atoms with Crippen molar-refractivity contribution in [2.75, 3.05) is 0 Å². The lowest BCUT2D eigenvalue weighted by Crippen LogP contribution is -2.60. The molecule has 2 aromatic carbocycles. The Morgan fingerprint density at radius 2 is 1.36 bits per heavy atom. The van der Waals surface area contributed by atoms with Gasteiger partial charge in [0.2, 0.25) is 23.6 Å². The van der Waals surface area contributed by atoms with Crippen LogP contribution in [0.5, 0.6) is 0 Å². The number of aliphatic carboxylic acids is 2. The summed E-state index contributed by atoms with van der Waals surface area (Å²) in [5.41, 5.74) is 2.47. The summed E-state index contributed by atoms with van der Waals surface area (Å²) in [5, 5.41) is 25.2. The summed E-state index contributed by atoms with van der Waals surface area (Å²) < 4.78 is 31.7. The predicted octanol–water partition coefficient (Wildman–Crippen LogP) is 2.83. The molecule has 5 atom stereocenters. The normalized spacial score (nSPS) is 19.0. The molecule has 1 aromatic heterocycles. The van der Waals surface area contributed by atoms with Crippen LogP contribution >= 0.6 is 0 Å². The number of amides is 4. The van der Waals surface area contributed by atoms with E-state index in [0.717, 1.165) is 16.7 Å². The second-order valence-electron chi connectivity index (χ2n) is 12.8. The fourth-order valence-corrected chi connectivity index (χ4v) is 6.40. The Bertz CT molecular complexity index is 1730. The number of hydrogen-bond donors (Lipinski definition) is 5. The number of aromatic nitrogens is 1. The second-order valence-corrected chi connectivity index (χ2v) is 12.8. The molecule has 282 valence electrons. The molecule has 2 saturated heterocycles. The van der Waals surface area contributed by atoms with E-state index >= 15 is 0 Å². The third-order valence-corrected chi connectivity index (χ3v) is 8.85. The number of carboxylic acids is 2. The van der Waals surface area contributed by atoms with Crippen molar-refractivity contribution in [2.24, 2.45) is 0 Å². The van der Waals surface area contributed by atoms with E-state index in [4.69, 9.17) is 9.90 Å². The van der Waals surface area contributed by atoms with Gasteiger partial charge >= 0.3 is 18.1 Å². The van der Waals surface area contributed by atoms with Crippen molar-refractivity contribution >= 4 is 35.6 Å². The molecular formula is C37H40F3N5O8. The summed E-state index contributed by atoms with van der Waals surface area (Å²) in [6.07, 6.45) is 0.643. The van der Waals surface area contributed by atoms with Gasteiger partial charge in [0.05, 0.1) is 12.8 Å². The lowest BCUT2D eigenvalue weighted by molar-refractivity contribution is -0.192. The van der Waals surface area contributed by atoms with Crippen LogP contribution in [0.3, 0.4) is 0 Å². The van der Waals surface area contributed by atoms with Gasteiger partial charge in [-0.05, 0) is 60.9 Å². The Labute approximate surface area is 303 Å². The highest BCUT2D eigenvalue weighted by Gasteiger charge is 2.47. The van der Waals surface area contributed by atoms with Crippen molar-refractivity contribution in [3.05, 3.63) is 102 Å². The number of nitrogens with zero attached hydrogens (tertiary/aromatic N) is 2. The number of alkyl halides is 3. The van der Waals surface area contributed by atoms with E-state index in [1.54, 1.807) is 29.4 Å². The van der Waals surface area contributed by atoms with Crippen molar-refractivity contribution in [1.29, 1.82) is 0 Å². The number of nitrogens with one attached hydrogen (secondary N) is 3. The van der Waals surface area contributed by atoms with Crippen molar-refractivity contribution in [2.45, 2.75) is 87.8 Å². The summed E-state index contributed by atoms with van der Waals surface area (Å²) in [5.74, 6) is -5.34. The lowest BCUT2D eigenvalue weighted by atomic mass is 9.97. The third-order valence-electron chi connectivity index (χ3n) is 8.85. The first kappa shape index (κ1) is 40.0. The molecule has 2 fully saturated rings. The smallest absolute Gasteiger partial charge is 0.481 e. The Kier molecular flexibility index (Phi) is 14.0. The Morgan fingerprint density at radius 1 is 0.792 bits per heavy atom. The zero-order valence-corrected chi connectivity index (χ0v) is 28.5. The molecule has 0 spiro atoms. The number of fused-ring (bicyclic) bond motifs is 1. The predicted molar refractivity (Wildman–Crippen MR) is 183 cm³/mol. The molecule has 16 heteroatoms. The Balaban J connectivity index is 0.000000815. The first-order valence-electron chi connectivity index (χ1n) is 16.9. The van der Waals surface area contributed by atoms with Crippen LogP contribution in [0.2, 0.25) is 0 Å². The highest BCUT2D eigenvalue weighted by Crippen LogP contribution is 2.33. The van der Waals surface area contributed by atoms with E-state index in [-0.39, 0.29) is 37.1 Å². The molecule has 3 aromatic rings. The fraction of sp³-hybridized carbons (Fsp3) is 0.378. The molecule has 2 aliphatic rings. The minimum atomic E-state index is -5.08. The number of carbonyl (C=O) groups excluding carboxylic acids is 4. The summed E-state index contributed by atoms with van der Waals surface area (Å²) in [7, 11) is 0. The molecule has 53 heavy (non-hydrogen) atoms. The lowest BCUT2D eigenvalue weighted by Gasteiger charge is -2.38. The van der Waals surface area contributed by atoms with Gasteiger partial charge in [-0.2, -0.15) is 13.2 Å². The highest BCUT2D eigenvalue weighted by atomic mass is 19.4. The van der Waals surface area contributed by atoms with E-state index < -0.39 is 54.1 Å². The van der Waals surface area contributed by atoms with E-state index in [1.807, 2.05) is 60.7 Å². The third kappa shape index (κ3) is 12.1. The van der Waals surface area contributed by atoms with Crippen LogP contribution in [0.25, 0.3) is 0 Å². The molecule has 0 radical (unpaired) electrons. The number of pyridine rings is 1. The summed E-state index contributed by atoms with van der Waals surface area (Å²) in [6.45, 7) is 0. The van der Waals surface area contributed by atoms with E-state index in [9.17, 15) is 42.3 Å². The van der Waals surface area contributed by atoms with Crippen molar-refractivity contribution < 1.29 is 52.2 Å². The summed E-state index contributed by atoms with van der Waals surface area (Å²) >= 11 is 0. The van der Waals surface area contributed by atoms with Crippen molar-refractivity contribution in [3.8, 4) is 0 Å². The van der Waals surface area contributed by atoms with Gasteiger partial charge < -0.3 is 31.1 Å². The maximum atomic E-state index is 13.8. The zero-order valence-electron chi connectivity index (χ0n) is 28.5. The van der Waals surface area contributed by atoms with E-state index in [0.29, 0.717) is 32.1 Å². The van der Waals surface area contributed by atoms with Gasteiger partial charge in [-0.15, -0.1) is 0 Å². The molecule has 0 saturated carbocycles. The average Bonchev–Trinajstić information content (AvgIpc) is 3.55. The standard InChI is InChI=1S/C35H39N5O6.C2HF3O2/c41-31(21-24-9-5-2-6-10-24)38-28-13-11-27-12-14-30(40(27)35(28)46)34(45)39-29(20-25-15-17-36-18-16-25)33(44)37-26(22-32(42)43)19-23-7-3-1-4-8-23;3-2(4,5)1(6)7/h1-10,15-18,26-30H,11-14,19-22H2,(H,37,44)(H,38,41)(H,39,45)(H,42,43);(H,6,7)/t26-,27+,28?,29+,30+;/m1./s1. The van der Waals surface area contributed by atoms with Gasteiger partial charge in [-0.1, -0.05) is 60.7 Å². The molecule has 1 unspecified atom stereocenters. The second kappa shape index (κ2) is 18.6. The van der Waals surface area contributed by atoms with Crippen LogP contribution < -0.4 is 16.0 Å². The molecular weight excluding hydrogens is 699 g/mol. The maximum absolute atomic E-state index is 13.8. The molecule has 0 aliphatic carbocycles. The Morgan fingerprint density at radius 3 is 1.94 bits per heavy atom. The van der Waals surface area contributed by atoms with Crippen molar-refractivity contribution in [1.82, 2.24) is 25.8 Å². The quantitative estimate of drug-likeness (QED) is 0.175. The number of carbonyl (C=O) groups is 6. The fourth-order valence-electron chi connectivity index (χ4n) is 6.40. The summed E-state index contributed by atoms with van der Waals surface area (Å²) in [4.78, 5) is 80.0. The van der Waals surface area contributed by atoms with Gasteiger partial charge in [0.1, 0.15) is 18.1 Å². The monoisotopic (exact) mass is 739 g/mol. The number of hydrogen-bond acceptors (Lipinski definition) is 7. The van der Waals surface area contributed by atoms with Crippen LogP contribution in [-0.4, -0.2) is 92.0 Å². The first-order valence-corrected chi connectivity index (χ1v) is 16.9. The minimum absolute atomic E-state index is 0.121. The minimum Gasteiger partial charge on any atom is -0.481 e. The average molecular weight is 740 g/mol. The van der Waals surface area contributed by atoms with Crippen LogP contribution in [0.4, 0.5) is 13.2 Å². The van der Waals surface area contributed by atoms with Crippen LogP contribution in [0.15, 0.2) is 85.2 Å². The van der Waals surface area contributed by atoms with Crippen LogP contribution in [-0.2, 0) is 48.0 Å². The molecule has 5 rings (SSSR count). The van der Waals surface area contributed by atoms with Gasteiger partial charge in [-0.3, -0.25) is 29.0 Å². The van der Waals surface area contributed by atoms with Gasteiger partial charge in [0, 0.05) is 30.9 Å². The summed E-state index contributed by atoms with van der Waals surface area (Å²) in [6, 6.07) is 18.7. The number of piperidine rings is 1. The Hall–Kier alpha value is -5.80. The molecule has 4 amide bonds. The highest BCUT2D eigenvalue weighted by molar-refractivity contribution is 5.95. The molecule has 2 aliphatic heterocycles. The SMILES string of the molecule is O=C(O)C(F)(F)F.O=C(O)C[C@@H](Cc1ccccc1)NC(=O)[C@H](Cc1ccncc1)NC(=O)[C@@H]1CC[C@@H]2CCC(NC(=O)Cc3ccccc3)C(=O)N21. The van der Waals surface area contributed by atoms with Crippen LogP contribution in [0.1, 0.15) is 48.8 Å². The maximum Gasteiger partial charge on any atom is 0.490 e. The van der Waals surface area contributed by atoms with E-state index in [1.165, 1.54) is 0 Å². The largest absolute Gasteiger partial charge is 0.490 e. The topological polar surface area (TPSA) is 195 Å². The van der Waals surface area contributed by atoms with Gasteiger partial charge in [0.25, 0.3) is 0 Å². The number of carboxylic acid groups (broad SMARTS) is 2. The molecule has 0 bridgehead atoms. The van der Waals surface area contributed by atoms with Crippen molar-refractivity contribution in [3.63, 3.8) is 0 Å². The molecule has 13 nitrogen and oxygen atoms in total. The molecule has 5 N–H and O–H groups in total. The molecule has 3 heterocycles. The van der Waals surface area contributed by atoms with Gasteiger partial charge in [-0.25, -0.2) is 4.79 Å². The zero-order chi connectivity index (χ0) is 38.5. The number of halogens is 3. The first-order chi connectivity index (χ1) is 25.2.